The van der Waals surface area contributed by atoms with E-state index < -0.39 is 0 Å². The number of hydrogen-bond donors (Lipinski definition) is 1. The van der Waals surface area contributed by atoms with Gasteiger partial charge in [0, 0.05) is 22.2 Å². The third-order valence-electron chi connectivity index (χ3n) is 4.46. The van der Waals surface area contributed by atoms with Gasteiger partial charge in [-0.05, 0) is 12.8 Å². The van der Waals surface area contributed by atoms with Crippen LogP contribution in [-0.4, -0.2) is 0 Å². The van der Waals surface area contributed by atoms with Crippen molar-refractivity contribution in [2.45, 2.75) is 39.5 Å². The first-order chi connectivity index (χ1) is 6.01. The molecular weight excluding hydrogens is 158 g/mol. The van der Waals surface area contributed by atoms with Crippen molar-refractivity contribution >= 4 is 0 Å². The average molecular weight is 177 g/mol. The summed E-state index contributed by atoms with van der Waals surface area (Å²) in [6.45, 7) is 12.9. The van der Waals surface area contributed by atoms with Crippen molar-refractivity contribution in [3.8, 4) is 0 Å². The molecule has 1 aliphatic carbocycles. The predicted molar refractivity (Wildman–Crippen MR) is 56.1 cm³/mol. The van der Waals surface area contributed by atoms with Crippen LogP contribution in [0.1, 0.15) is 39.5 Å². The molecule has 0 aromatic rings. The quantitative estimate of drug-likeness (QED) is 0.599. The third kappa shape index (κ3) is 0.877. The van der Waals surface area contributed by atoms with Crippen LogP contribution in [0.15, 0.2) is 24.6 Å². The van der Waals surface area contributed by atoms with Crippen LogP contribution in [0.5, 0.6) is 0 Å². The van der Waals surface area contributed by atoms with E-state index in [1.807, 2.05) is 0 Å². The first kappa shape index (κ1) is 8.86. The number of fused-ring (bicyclic) bond motifs is 1. The van der Waals surface area contributed by atoms with Crippen LogP contribution in [0.4, 0.5) is 0 Å². The van der Waals surface area contributed by atoms with Crippen molar-refractivity contribution < 1.29 is 0 Å². The molecule has 0 aromatic heterocycles. The summed E-state index contributed by atoms with van der Waals surface area (Å²) in [4.78, 5) is 0. The molecule has 0 amide bonds. The highest BCUT2D eigenvalue weighted by molar-refractivity contribution is 5.34. The van der Waals surface area contributed by atoms with Crippen molar-refractivity contribution in [3.05, 3.63) is 24.6 Å². The van der Waals surface area contributed by atoms with Crippen LogP contribution in [0.2, 0.25) is 0 Å². The second-order valence-corrected chi connectivity index (χ2v) is 4.95. The fourth-order valence-corrected chi connectivity index (χ4v) is 2.93. The number of nitrogens with one attached hydrogen (secondary N) is 1. The van der Waals surface area contributed by atoms with Gasteiger partial charge in [-0.2, -0.15) is 0 Å². The molecule has 0 radical (unpaired) electrons. The van der Waals surface area contributed by atoms with Crippen LogP contribution in [-0.2, 0) is 0 Å². The average Bonchev–Trinajstić information content (AvgIpc) is 2.25. The Labute approximate surface area is 80.9 Å². The Morgan fingerprint density at radius 2 is 1.38 bits per heavy atom. The zero-order valence-corrected chi connectivity index (χ0v) is 8.74. The summed E-state index contributed by atoms with van der Waals surface area (Å²) in [6.07, 6.45) is 5.18. The van der Waals surface area contributed by atoms with Crippen LogP contribution in [0.3, 0.4) is 0 Å². The fraction of sp³-hybridized carbons (Fsp3) is 0.667. The largest absolute Gasteiger partial charge is 0.362 e. The molecule has 0 spiro atoms. The molecule has 2 fully saturated rings. The van der Waals surface area contributed by atoms with Gasteiger partial charge in [-0.15, -0.1) is 0 Å². The topological polar surface area (TPSA) is 12.0 Å². The Hall–Kier alpha value is -0.720. The van der Waals surface area contributed by atoms with E-state index in [-0.39, 0.29) is 10.8 Å². The van der Waals surface area contributed by atoms with Gasteiger partial charge in [0.1, 0.15) is 0 Å². The molecule has 2 rings (SSSR count). The van der Waals surface area contributed by atoms with Crippen LogP contribution < -0.4 is 5.32 Å². The molecule has 13 heavy (non-hydrogen) atoms. The summed E-state index contributed by atoms with van der Waals surface area (Å²) in [5.74, 6) is 0. The van der Waals surface area contributed by atoms with Gasteiger partial charge in [0.15, 0.2) is 0 Å². The van der Waals surface area contributed by atoms with E-state index in [4.69, 9.17) is 0 Å². The molecule has 1 N–H and O–H groups in total. The summed E-state index contributed by atoms with van der Waals surface area (Å²) in [6, 6.07) is 0. The molecule has 1 aliphatic heterocycles. The van der Waals surface area contributed by atoms with E-state index in [0.717, 1.165) is 0 Å². The SMILES string of the molecule is C=C1NC(=C)C2(C)CCCCC12C. The highest BCUT2D eigenvalue weighted by Gasteiger charge is 2.54. The first-order valence-electron chi connectivity index (χ1n) is 5.16. The number of allylic oxidation sites excluding steroid dienone is 2. The van der Waals surface area contributed by atoms with E-state index in [0.29, 0.717) is 0 Å². The Balaban J connectivity index is 2.46. The van der Waals surface area contributed by atoms with Gasteiger partial charge in [-0.25, -0.2) is 0 Å². The molecule has 1 saturated heterocycles. The number of rotatable bonds is 0. The standard InChI is InChI=1S/C12H19N/c1-9-11(3)7-5-6-8-12(11,4)10(2)13-9/h13H,1-2,5-8H2,3-4H3. The van der Waals surface area contributed by atoms with E-state index >= 15 is 0 Å². The van der Waals surface area contributed by atoms with Crippen molar-refractivity contribution in [2.24, 2.45) is 10.8 Å². The predicted octanol–water partition coefficient (Wildman–Crippen LogP) is 3.20. The summed E-state index contributed by atoms with van der Waals surface area (Å²) >= 11 is 0. The highest BCUT2D eigenvalue weighted by atomic mass is 15.0. The summed E-state index contributed by atoms with van der Waals surface area (Å²) in [5, 5.41) is 3.35. The van der Waals surface area contributed by atoms with Crippen molar-refractivity contribution in [1.29, 1.82) is 0 Å². The smallest absolute Gasteiger partial charge is 0.0178 e. The second kappa shape index (κ2) is 2.40. The Bertz CT molecular complexity index is 251. The van der Waals surface area contributed by atoms with Crippen molar-refractivity contribution in [1.82, 2.24) is 5.32 Å². The molecule has 0 bridgehead atoms. The fourth-order valence-electron chi connectivity index (χ4n) is 2.93. The van der Waals surface area contributed by atoms with Gasteiger partial charge in [0.25, 0.3) is 0 Å². The van der Waals surface area contributed by atoms with Crippen LogP contribution in [0.25, 0.3) is 0 Å². The van der Waals surface area contributed by atoms with Crippen LogP contribution >= 0.6 is 0 Å². The summed E-state index contributed by atoms with van der Waals surface area (Å²) in [5.41, 5.74) is 2.87. The lowest BCUT2D eigenvalue weighted by Gasteiger charge is -2.44. The van der Waals surface area contributed by atoms with E-state index in [1.165, 1.54) is 37.1 Å². The minimum atomic E-state index is 0.252. The molecule has 72 valence electrons. The van der Waals surface area contributed by atoms with Gasteiger partial charge in [-0.3, -0.25) is 0 Å². The molecule has 2 atom stereocenters. The first-order valence-corrected chi connectivity index (χ1v) is 5.16. The van der Waals surface area contributed by atoms with Crippen LogP contribution in [0, 0.1) is 10.8 Å². The maximum Gasteiger partial charge on any atom is 0.0178 e. The van der Waals surface area contributed by atoms with Gasteiger partial charge in [-0.1, -0.05) is 39.8 Å². The zero-order chi connectivity index (χ0) is 9.69. The number of hydrogen-bond acceptors (Lipinski definition) is 1. The van der Waals surface area contributed by atoms with Gasteiger partial charge < -0.3 is 5.32 Å². The Kier molecular flexibility index (Phi) is 1.64. The maximum atomic E-state index is 4.13. The normalized spacial score (nSPS) is 44.5. The monoisotopic (exact) mass is 177 g/mol. The Morgan fingerprint density at radius 1 is 1.00 bits per heavy atom. The second-order valence-electron chi connectivity index (χ2n) is 4.95. The molecular formula is C12H19N. The maximum absolute atomic E-state index is 4.13. The lowest BCUT2D eigenvalue weighted by atomic mass is 9.58. The zero-order valence-electron chi connectivity index (χ0n) is 8.74. The van der Waals surface area contributed by atoms with Crippen molar-refractivity contribution in [3.63, 3.8) is 0 Å². The lowest BCUT2D eigenvalue weighted by molar-refractivity contribution is 0.112. The van der Waals surface area contributed by atoms with Gasteiger partial charge >= 0.3 is 0 Å². The molecule has 0 aromatic carbocycles. The minimum Gasteiger partial charge on any atom is -0.362 e. The van der Waals surface area contributed by atoms with E-state index in [1.54, 1.807) is 0 Å². The molecule has 2 aliphatic rings. The van der Waals surface area contributed by atoms with Gasteiger partial charge in [0.2, 0.25) is 0 Å². The summed E-state index contributed by atoms with van der Waals surface area (Å²) in [7, 11) is 0. The molecule has 1 saturated carbocycles. The minimum absolute atomic E-state index is 0.252. The van der Waals surface area contributed by atoms with Gasteiger partial charge in [0.05, 0.1) is 0 Å². The third-order valence-corrected chi connectivity index (χ3v) is 4.46. The lowest BCUT2D eigenvalue weighted by Crippen LogP contribution is -2.37. The molecule has 2 unspecified atom stereocenters. The van der Waals surface area contributed by atoms with E-state index in [9.17, 15) is 0 Å². The van der Waals surface area contributed by atoms with Crippen molar-refractivity contribution in [2.75, 3.05) is 0 Å². The highest BCUT2D eigenvalue weighted by Crippen LogP contribution is 2.60. The van der Waals surface area contributed by atoms with E-state index in [2.05, 4.69) is 32.3 Å². The molecule has 1 nitrogen and oxygen atoms in total. The molecule has 1 heteroatoms. The Morgan fingerprint density at radius 3 is 1.77 bits per heavy atom. The molecule has 1 heterocycles. The summed E-state index contributed by atoms with van der Waals surface area (Å²) < 4.78 is 0.